The van der Waals surface area contributed by atoms with Crippen molar-refractivity contribution >= 4 is 66.8 Å². The van der Waals surface area contributed by atoms with Crippen molar-refractivity contribution < 1.29 is 4.74 Å². The number of nitrogens with one attached hydrogen (secondary N) is 3. The van der Waals surface area contributed by atoms with Gasteiger partial charge in [0.2, 0.25) is 0 Å². The van der Waals surface area contributed by atoms with Crippen molar-refractivity contribution in [3.8, 4) is 5.75 Å². The molecule has 5 aromatic rings. The van der Waals surface area contributed by atoms with Gasteiger partial charge >= 0.3 is 0 Å². The normalized spacial score (nSPS) is 17.4. The molecule has 3 aromatic carbocycles. The Kier molecular flexibility index (Phi) is 3.57. The second kappa shape index (κ2) is 6.05. The molecule has 0 amide bonds. The zero-order valence-corrected chi connectivity index (χ0v) is 16.4. The van der Waals surface area contributed by atoms with Crippen molar-refractivity contribution in [1.29, 1.82) is 0 Å². The van der Waals surface area contributed by atoms with E-state index in [-0.39, 0.29) is 6.10 Å². The van der Waals surface area contributed by atoms with E-state index in [1.54, 1.807) is 0 Å². The van der Waals surface area contributed by atoms with Crippen LogP contribution in [-0.2, 0) is 0 Å². The van der Waals surface area contributed by atoms with Gasteiger partial charge in [-0.3, -0.25) is 0 Å². The van der Waals surface area contributed by atoms with E-state index in [0.717, 1.165) is 78.9 Å². The number of aromatic nitrogens is 2. The fraction of sp³-hybridized carbons (Fsp3) is 0.182. The van der Waals surface area contributed by atoms with E-state index in [4.69, 9.17) is 27.9 Å². The van der Waals surface area contributed by atoms with Gasteiger partial charge in [0, 0.05) is 49.2 Å². The molecule has 0 saturated carbocycles. The highest BCUT2D eigenvalue weighted by atomic mass is 35.5. The van der Waals surface area contributed by atoms with Crippen molar-refractivity contribution in [1.82, 2.24) is 15.3 Å². The first-order valence-electron chi connectivity index (χ1n) is 9.39. The van der Waals surface area contributed by atoms with Crippen molar-refractivity contribution in [3.05, 3.63) is 52.5 Å². The predicted molar refractivity (Wildman–Crippen MR) is 117 cm³/mol. The number of benzene rings is 3. The molecule has 1 saturated heterocycles. The minimum absolute atomic E-state index is 0.152. The Hall–Kier alpha value is -2.40. The Bertz CT molecular complexity index is 1280. The van der Waals surface area contributed by atoms with Crippen LogP contribution in [0.2, 0.25) is 10.0 Å². The molecule has 1 aliphatic rings. The average Bonchev–Trinajstić information content (AvgIpc) is 3.39. The lowest BCUT2D eigenvalue weighted by Gasteiger charge is -2.14. The largest absolute Gasteiger partial charge is 0.485 e. The number of rotatable bonds is 2. The van der Waals surface area contributed by atoms with E-state index in [2.05, 4.69) is 21.4 Å². The van der Waals surface area contributed by atoms with Crippen molar-refractivity contribution in [2.24, 2.45) is 0 Å². The summed E-state index contributed by atoms with van der Waals surface area (Å²) in [5, 5.41) is 9.21. The number of hydrogen-bond acceptors (Lipinski definition) is 2. The van der Waals surface area contributed by atoms with Crippen molar-refractivity contribution in [3.63, 3.8) is 0 Å². The molecule has 0 bridgehead atoms. The maximum Gasteiger partial charge on any atom is 0.167 e. The highest BCUT2D eigenvalue weighted by molar-refractivity contribution is 6.33. The monoisotopic (exact) mass is 409 g/mol. The van der Waals surface area contributed by atoms with Crippen molar-refractivity contribution in [2.75, 3.05) is 13.1 Å². The van der Waals surface area contributed by atoms with Crippen LogP contribution < -0.4 is 10.1 Å². The lowest BCUT2D eigenvalue weighted by Crippen LogP contribution is -2.19. The van der Waals surface area contributed by atoms with Gasteiger partial charge in [0.25, 0.3) is 0 Å². The zero-order chi connectivity index (χ0) is 18.8. The number of halogens is 2. The maximum atomic E-state index is 6.53. The Labute approximate surface area is 170 Å². The second-order valence-electron chi connectivity index (χ2n) is 7.41. The topological polar surface area (TPSA) is 52.8 Å². The highest BCUT2D eigenvalue weighted by Crippen LogP contribution is 2.42. The first kappa shape index (κ1) is 16.5. The molecule has 0 unspecified atom stereocenters. The van der Waals surface area contributed by atoms with Gasteiger partial charge in [0.05, 0.1) is 11.0 Å². The molecule has 2 aromatic heterocycles. The van der Waals surface area contributed by atoms with Gasteiger partial charge < -0.3 is 20.0 Å². The number of ether oxygens (including phenoxy) is 1. The molecule has 1 fully saturated rings. The molecule has 6 heteroatoms. The summed E-state index contributed by atoms with van der Waals surface area (Å²) < 4.78 is 6.53. The van der Waals surface area contributed by atoms with Crippen LogP contribution in [0.1, 0.15) is 6.42 Å². The average molecular weight is 410 g/mol. The smallest absolute Gasteiger partial charge is 0.167 e. The minimum atomic E-state index is 0.152. The molecule has 6 rings (SSSR count). The molecular formula is C22H17Cl2N3O. The third-order valence-corrected chi connectivity index (χ3v) is 6.11. The predicted octanol–water partition coefficient (Wildman–Crippen LogP) is 6.00. The van der Waals surface area contributed by atoms with Gasteiger partial charge in [-0.2, -0.15) is 0 Å². The van der Waals surface area contributed by atoms with Crippen LogP contribution in [-0.4, -0.2) is 29.2 Å². The standard InChI is InChI=1S/C22H17Cl2N3O/c23-11-1-3-18-14(7-11)16-9-17-15-8-12(24)2-4-19(15)27-21(17)22(20(16)26-18)28-13-5-6-25-10-13/h1-4,7-9,13,25-27H,5-6,10H2/t13-/m0/s1. The van der Waals surface area contributed by atoms with Crippen LogP contribution in [0.25, 0.3) is 43.6 Å². The molecule has 140 valence electrons. The molecule has 3 N–H and O–H groups in total. The van der Waals surface area contributed by atoms with E-state index < -0.39 is 0 Å². The summed E-state index contributed by atoms with van der Waals surface area (Å²) in [5.41, 5.74) is 4.08. The van der Waals surface area contributed by atoms with E-state index in [1.165, 1.54) is 0 Å². The second-order valence-corrected chi connectivity index (χ2v) is 8.29. The van der Waals surface area contributed by atoms with E-state index >= 15 is 0 Å². The van der Waals surface area contributed by atoms with Gasteiger partial charge in [0.1, 0.15) is 6.10 Å². The number of hydrogen-bond donors (Lipinski definition) is 3. The summed E-state index contributed by atoms with van der Waals surface area (Å²) in [5.74, 6) is 0.862. The van der Waals surface area contributed by atoms with Crippen molar-refractivity contribution in [2.45, 2.75) is 12.5 Å². The first-order chi connectivity index (χ1) is 13.7. The molecule has 28 heavy (non-hydrogen) atoms. The molecule has 3 heterocycles. The number of aromatic amines is 2. The summed E-state index contributed by atoms with van der Waals surface area (Å²) in [6.07, 6.45) is 1.15. The van der Waals surface area contributed by atoms with E-state index in [0.29, 0.717) is 0 Å². The molecule has 4 nitrogen and oxygen atoms in total. The molecule has 1 aliphatic heterocycles. The van der Waals surface area contributed by atoms with Crippen LogP contribution in [0, 0.1) is 0 Å². The Morgan fingerprint density at radius 2 is 1.39 bits per heavy atom. The number of fused-ring (bicyclic) bond motifs is 6. The SMILES string of the molecule is Clc1ccc2[nH]c3c(O[C@H]4CCNC4)c4[nH]c5ccc(Cl)cc5c4cc3c2c1. The van der Waals surface area contributed by atoms with Gasteiger partial charge in [-0.15, -0.1) is 0 Å². The fourth-order valence-electron chi connectivity index (χ4n) is 4.31. The summed E-state index contributed by atoms with van der Waals surface area (Å²) in [4.78, 5) is 7.09. The Morgan fingerprint density at radius 3 is 1.93 bits per heavy atom. The minimum Gasteiger partial charge on any atom is -0.485 e. The lowest BCUT2D eigenvalue weighted by atomic mass is 10.1. The summed E-state index contributed by atoms with van der Waals surface area (Å²) >= 11 is 12.6. The third-order valence-electron chi connectivity index (χ3n) is 5.64. The van der Waals surface area contributed by atoms with E-state index in [9.17, 15) is 0 Å². The van der Waals surface area contributed by atoms with E-state index in [1.807, 2.05) is 36.4 Å². The molecule has 0 radical (unpaired) electrons. The van der Waals surface area contributed by atoms with Crippen LogP contribution in [0.15, 0.2) is 42.5 Å². The Balaban J connectivity index is 1.75. The number of H-pyrrole nitrogens is 2. The molecule has 0 spiro atoms. The molecular weight excluding hydrogens is 393 g/mol. The summed E-state index contributed by atoms with van der Waals surface area (Å²) in [6, 6.07) is 14.1. The quantitative estimate of drug-likeness (QED) is 0.334. The van der Waals surface area contributed by atoms with Crippen LogP contribution >= 0.6 is 23.2 Å². The van der Waals surface area contributed by atoms with Crippen LogP contribution in [0.5, 0.6) is 5.75 Å². The fourth-order valence-corrected chi connectivity index (χ4v) is 4.65. The Morgan fingerprint density at radius 1 is 0.786 bits per heavy atom. The van der Waals surface area contributed by atoms with Gasteiger partial charge in [0.15, 0.2) is 5.75 Å². The molecule has 1 atom stereocenters. The van der Waals surface area contributed by atoms with Gasteiger partial charge in [-0.05, 0) is 55.4 Å². The van der Waals surface area contributed by atoms with Crippen LogP contribution in [0.4, 0.5) is 0 Å². The lowest BCUT2D eigenvalue weighted by molar-refractivity contribution is 0.228. The summed E-state index contributed by atoms with van der Waals surface area (Å²) in [7, 11) is 0. The highest BCUT2D eigenvalue weighted by Gasteiger charge is 2.22. The maximum absolute atomic E-state index is 6.53. The van der Waals surface area contributed by atoms with Crippen LogP contribution in [0.3, 0.4) is 0 Å². The first-order valence-corrected chi connectivity index (χ1v) is 10.2. The van der Waals surface area contributed by atoms with Gasteiger partial charge in [-0.1, -0.05) is 23.2 Å². The molecule has 0 aliphatic carbocycles. The summed E-state index contributed by atoms with van der Waals surface area (Å²) in [6.45, 7) is 1.84. The third kappa shape index (κ3) is 2.42. The zero-order valence-electron chi connectivity index (χ0n) is 14.9. The van der Waals surface area contributed by atoms with Gasteiger partial charge in [-0.25, -0.2) is 0 Å².